The van der Waals surface area contributed by atoms with Crippen molar-refractivity contribution in [2.24, 2.45) is 0 Å². The average Bonchev–Trinajstić information content (AvgIpc) is 1.80. The van der Waals surface area contributed by atoms with E-state index < -0.39 is 23.1 Å². The molecule has 0 amide bonds. The number of rotatable bonds is 16. The number of aldehydes is 2. The second-order valence-corrected chi connectivity index (χ2v) is 29.4. The Morgan fingerprint density at radius 2 is 0.737 bits per heavy atom. The Bertz CT molecular complexity index is 3140. The molecule has 0 unspecified atom stereocenters. The normalized spacial score (nSPS) is 18.5. The van der Waals surface area contributed by atoms with Crippen LogP contribution in [0.25, 0.3) is 0 Å². The molecular formula is C70H92Br2Cl3FeO23. The molecule has 7 saturated heterocycles. The first-order valence-corrected chi connectivity index (χ1v) is 37.9. The van der Waals surface area contributed by atoms with Crippen LogP contribution in [0, 0.1) is 0 Å². The third-order valence-corrected chi connectivity index (χ3v) is 17.4. The monoisotopic (exact) mass is 1620 g/mol. The number of ketones is 1. The molecule has 23 nitrogen and oxygen atoms in total. The number of carbonyl (C=O) groups is 3. The molecule has 29 heteroatoms. The van der Waals surface area contributed by atoms with E-state index in [4.69, 9.17) is 121 Å². The Balaban J connectivity index is 0.000000214. The fourth-order valence-corrected chi connectivity index (χ4v) is 11.8. The van der Waals surface area contributed by atoms with Crippen molar-refractivity contribution in [3.05, 3.63) is 144 Å². The summed E-state index contributed by atoms with van der Waals surface area (Å²) in [5.41, 5.74) is 5.34. The van der Waals surface area contributed by atoms with Gasteiger partial charge in [0.25, 0.3) is 0 Å². The van der Waals surface area contributed by atoms with E-state index in [1.807, 2.05) is 66.7 Å². The van der Waals surface area contributed by atoms with Gasteiger partial charge in [0.2, 0.25) is 0 Å². The van der Waals surface area contributed by atoms with Crippen molar-refractivity contribution < 1.29 is 121 Å². The van der Waals surface area contributed by atoms with Crippen molar-refractivity contribution >= 4 is 80.5 Å². The first-order chi connectivity index (χ1) is 47.9. The predicted octanol–water partition coefficient (Wildman–Crippen LogP) is 12.5. The number of hydrogen-bond donors (Lipinski definition) is 3. The van der Waals surface area contributed by atoms with Crippen molar-refractivity contribution in [2.75, 3.05) is 155 Å². The average molecular weight is 1620 g/mol. The van der Waals surface area contributed by atoms with Gasteiger partial charge in [-0.25, -0.2) is 0 Å². The van der Waals surface area contributed by atoms with E-state index in [-0.39, 0.29) is 37.0 Å². The van der Waals surface area contributed by atoms with Gasteiger partial charge in [-0.15, -0.1) is 0 Å². The number of ether oxygens (including phenoxy) is 17. The zero-order valence-corrected chi connectivity index (χ0v) is 63.3. The molecular weight excluding hydrogens is 1530 g/mol. The molecule has 0 aromatic heterocycles. The quantitative estimate of drug-likeness (QED) is 0.0612. The van der Waals surface area contributed by atoms with Gasteiger partial charge in [0.1, 0.15) is 34.5 Å². The fourth-order valence-electron chi connectivity index (χ4n) is 11.0. The second kappa shape index (κ2) is 46.5. The molecule has 7 aliphatic rings. The summed E-state index contributed by atoms with van der Waals surface area (Å²) in [5, 5.41) is 26.0. The van der Waals surface area contributed by atoms with Crippen LogP contribution in [0.15, 0.2) is 99.9 Å². The first kappa shape index (κ1) is 85.5. The molecule has 0 bridgehead atoms. The number of aliphatic hydroxyl groups excluding tert-OH is 2. The van der Waals surface area contributed by atoms with Gasteiger partial charge in [-0.2, -0.15) is 0 Å². The Morgan fingerprint density at radius 3 is 1.09 bits per heavy atom. The molecule has 5 aromatic carbocycles. The van der Waals surface area contributed by atoms with Crippen LogP contribution in [-0.4, -0.2) is 189 Å². The van der Waals surface area contributed by atoms with Gasteiger partial charge in [0.05, 0.1) is 146 Å². The van der Waals surface area contributed by atoms with Gasteiger partial charge in [-0.3, -0.25) is 14.4 Å². The molecule has 7 heterocycles. The molecule has 5 aromatic rings. The number of hydrogen-bond acceptors (Lipinski definition) is 23. The summed E-state index contributed by atoms with van der Waals surface area (Å²) in [6, 6.07) is 28.5. The van der Waals surface area contributed by atoms with E-state index in [0.717, 1.165) is 97.8 Å². The summed E-state index contributed by atoms with van der Waals surface area (Å²) < 4.78 is 93.8. The van der Waals surface area contributed by atoms with Crippen molar-refractivity contribution in [1.82, 2.24) is 0 Å². The van der Waals surface area contributed by atoms with Crippen LogP contribution in [0.2, 0.25) is 0 Å². The third kappa shape index (κ3) is 27.1. The van der Waals surface area contributed by atoms with Gasteiger partial charge in [-0.1, -0.05) is 50.1 Å². The summed E-state index contributed by atoms with van der Waals surface area (Å²) in [5.74, 6) is 3.82. The van der Waals surface area contributed by atoms with Gasteiger partial charge in [0, 0.05) is 114 Å². The molecule has 553 valence electrons. The van der Waals surface area contributed by atoms with Gasteiger partial charge >= 0.3 is 41.5 Å². The molecule has 7 aliphatic heterocycles. The number of carbonyl (C=O) groups excluding carboxylic acids is 3. The molecule has 3 N–H and O–H groups in total. The van der Waals surface area contributed by atoms with Crippen LogP contribution in [0.5, 0.6) is 28.7 Å². The van der Waals surface area contributed by atoms with E-state index in [1.54, 1.807) is 54.8 Å². The Morgan fingerprint density at radius 1 is 0.434 bits per heavy atom. The topological polar surface area (TPSA) is 269 Å². The minimum absolute atomic E-state index is 0.125. The Hall–Kier alpha value is -4.14. The minimum atomic E-state index is -1.33. The Labute approximate surface area is 613 Å². The van der Waals surface area contributed by atoms with Crippen molar-refractivity contribution in [2.45, 2.75) is 87.0 Å². The summed E-state index contributed by atoms with van der Waals surface area (Å²) in [6.07, 6.45) is 6.28. The standard InChI is InChI=1S/C16H22O5.C15H20O5.C14H18O4.C10H11BrO3.C8H7BrO2.C5H8O2.C2H6O2.3ClH.Fe/c1-17-14-4-3-12(11-13(14)15-20-9-10-21-15)16(18-2)5-7-19-8-6-16;1-17-13-3-2-11(15(16)4-6-18-7-5-15)10-12(13)14-19-8-9-20-14;1-16-13-4-3-12(9-11(13)10-15)14(17-2)5-7-18-8-6-14;1-12-9-3-2-7(11)6-8(9)10-13-4-5-14-10;1-11-8-3-2-7(9)4-6(8)5-10;6-5-1-3-7-4-2-5;3-1-2-4;;;;/h3-4,11,15H,5-10H2,1-2H3;2-3,10,14,16H,4-9H2,1H3;3-4,9-10H,5-8H2,1-2H3;2-3,6,10H,4-5H2,1H3;2-5H,1H3;1-4H2;3-4H,1-2H2;3*1H;/q;;;;;;;;;;+3/p-3. The van der Waals surface area contributed by atoms with E-state index >= 15 is 0 Å². The SMILES string of the molecule is COc1ccc(Br)cc1C1OCCO1.COc1ccc(Br)cc1C=O.COc1ccc(C2(O)CCOCC2)cc1C1OCCO1.COc1ccc(C2(OC)CCOCC2)cc1C1OCCO1.COc1ccc(C2(OC)CCOCC2)cc1C=O.O=C1CCOCC1.OCCO.[Cl][Fe]([Cl])[Cl]. The number of methoxy groups -OCH3 is 7. The van der Waals surface area contributed by atoms with E-state index in [2.05, 4.69) is 44.0 Å². The fraction of sp³-hybridized carbons (Fsp3) is 0.529. The van der Waals surface area contributed by atoms with Crippen molar-refractivity contribution in [1.29, 1.82) is 0 Å². The van der Waals surface area contributed by atoms with Crippen molar-refractivity contribution in [3.63, 3.8) is 0 Å². The van der Waals surface area contributed by atoms with Gasteiger partial charge in [0.15, 0.2) is 31.4 Å². The molecule has 0 saturated carbocycles. The van der Waals surface area contributed by atoms with Crippen molar-refractivity contribution in [3.8, 4) is 28.7 Å². The van der Waals surface area contributed by atoms with Crippen LogP contribution in [0.1, 0.15) is 124 Å². The van der Waals surface area contributed by atoms with Gasteiger partial charge < -0.3 is 95.8 Å². The molecule has 7 fully saturated rings. The number of Topliss-reactive ketones (excluding diaryl/α,β-unsaturated/α-hetero) is 1. The third-order valence-electron chi connectivity index (χ3n) is 16.4. The van der Waals surface area contributed by atoms with Crippen LogP contribution in [0.4, 0.5) is 0 Å². The van der Waals surface area contributed by atoms with Crippen LogP contribution < -0.4 is 23.7 Å². The summed E-state index contributed by atoms with van der Waals surface area (Å²) >= 11 is 5.32. The molecule has 0 spiro atoms. The number of benzene rings is 5. The second-order valence-electron chi connectivity index (χ2n) is 22.1. The van der Waals surface area contributed by atoms with Crippen LogP contribution in [0.3, 0.4) is 0 Å². The van der Waals surface area contributed by atoms with Gasteiger partial charge in [-0.05, 0) is 89.5 Å². The molecule has 12 rings (SSSR count). The summed E-state index contributed by atoms with van der Waals surface area (Å²) in [4.78, 5) is 31.9. The maximum absolute atomic E-state index is 11.1. The van der Waals surface area contributed by atoms with Crippen LogP contribution >= 0.6 is 62.2 Å². The molecule has 0 aliphatic carbocycles. The van der Waals surface area contributed by atoms with E-state index in [9.17, 15) is 19.5 Å². The zero-order valence-electron chi connectivity index (χ0n) is 56.8. The summed E-state index contributed by atoms with van der Waals surface area (Å²) in [7, 11) is 26.2. The molecule has 0 atom stereocenters. The number of halogens is 5. The Kier molecular flexibility index (Phi) is 40.2. The van der Waals surface area contributed by atoms with E-state index in [0.29, 0.717) is 147 Å². The zero-order chi connectivity index (χ0) is 72.1. The maximum atomic E-state index is 11.1. The molecule has 99 heavy (non-hydrogen) atoms. The first-order valence-electron chi connectivity index (χ1n) is 31.8. The van der Waals surface area contributed by atoms with Crippen LogP contribution in [-0.2, 0) is 89.6 Å². The predicted molar refractivity (Wildman–Crippen MR) is 373 cm³/mol. The molecule has 0 radical (unpaired) electrons. The number of aliphatic hydroxyl groups is 3. The summed E-state index contributed by atoms with van der Waals surface area (Å²) in [6.45, 7) is 8.62. The van der Waals surface area contributed by atoms with E-state index in [1.165, 1.54) is 7.11 Å².